The molecule has 0 heterocycles. The highest BCUT2D eigenvalue weighted by atomic mass is 79.9. The number of primary sulfonamides is 1. The third-order valence-electron chi connectivity index (χ3n) is 2.54. The summed E-state index contributed by atoms with van der Waals surface area (Å²) in [5.74, 6) is 0.945. The van der Waals surface area contributed by atoms with Crippen LogP contribution in [0, 0.1) is 6.92 Å². The zero-order chi connectivity index (χ0) is 14.9. The van der Waals surface area contributed by atoms with Gasteiger partial charge >= 0.3 is 0 Å². The number of rotatable bonds is 3. The smallest absolute Gasteiger partial charge is 0.238 e. The largest absolute Gasteiger partial charge is 0.455 e. The van der Waals surface area contributed by atoms with E-state index in [2.05, 4.69) is 15.9 Å². The Kier molecular flexibility index (Phi) is 4.39. The molecule has 0 aliphatic heterocycles. The summed E-state index contributed by atoms with van der Waals surface area (Å²) in [5.41, 5.74) is 1.00. The summed E-state index contributed by atoms with van der Waals surface area (Å²) in [5, 5.41) is 5.53. The zero-order valence-corrected chi connectivity index (χ0v) is 13.6. The fourth-order valence-corrected chi connectivity index (χ4v) is 2.86. The van der Waals surface area contributed by atoms with E-state index in [0.29, 0.717) is 21.0 Å². The molecular weight excluding hydrogens is 366 g/mol. The maximum atomic E-state index is 11.2. The normalized spacial score (nSPS) is 11.4. The molecule has 4 nitrogen and oxygen atoms in total. The average Bonchev–Trinajstić information content (AvgIpc) is 2.35. The van der Waals surface area contributed by atoms with Crippen molar-refractivity contribution >= 4 is 37.6 Å². The van der Waals surface area contributed by atoms with Gasteiger partial charge in [-0.25, -0.2) is 13.6 Å². The van der Waals surface area contributed by atoms with E-state index in [0.717, 1.165) is 5.56 Å². The molecule has 0 radical (unpaired) electrons. The van der Waals surface area contributed by atoms with Crippen LogP contribution in [0.25, 0.3) is 0 Å². The van der Waals surface area contributed by atoms with Crippen LogP contribution in [0.4, 0.5) is 0 Å². The second-order valence-corrected chi connectivity index (χ2v) is 7.00. The molecule has 0 aromatic heterocycles. The lowest BCUT2D eigenvalue weighted by atomic mass is 10.2. The molecule has 7 heteroatoms. The van der Waals surface area contributed by atoms with Crippen LogP contribution in [0.15, 0.2) is 45.8 Å². The van der Waals surface area contributed by atoms with Crippen LogP contribution in [-0.4, -0.2) is 8.42 Å². The average molecular weight is 377 g/mol. The van der Waals surface area contributed by atoms with Crippen molar-refractivity contribution in [3.05, 3.63) is 51.5 Å². The van der Waals surface area contributed by atoms with Crippen molar-refractivity contribution in [2.75, 3.05) is 0 Å². The van der Waals surface area contributed by atoms with Gasteiger partial charge in [-0.05, 0) is 58.7 Å². The first-order valence-electron chi connectivity index (χ1n) is 5.54. The highest BCUT2D eigenvalue weighted by Crippen LogP contribution is 2.35. The Hall–Kier alpha value is -1.08. The third-order valence-corrected chi connectivity index (χ3v) is 4.38. The number of sulfonamides is 1. The maximum Gasteiger partial charge on any atom is 0.238 e. The molecule has 0 aliphatic rings. The molecule has 2 rings (SSSR count). The molecule has 0 amide bonds. The van der Waals surface area contributed by atoms with E-state index in [1.54, 1.807) is 12.1 Å². The zero-order valence-electron chi connectivity index (χ0n) is 10.4. The molecule has 2 aromatic rings. The van der Waals surface area contributed by atoms with Gasteiger partial charge < -0.3 is 4.74 Å². The minimum atomic E-state index is -3.74. The first-order valence-corrected chi connectivity index (χ1v) is 8.25. The Morgan fingerprint density at radius 2 is 1.85 bits per heavy atom. The van der Waals surface area contributed by atoms with Gasteiger partial charge in [0.1, 0.15) is 11.5 Å². The summed E-state index contributed by atoms with van der Waals surface area (Å²) in [4.78, 5) is 0.00654. The molecule has 0 atom stereocenters. The monoisotopic (exact) mass is 375 g/mol. The van der Waals surface area contributed by atoms with Crippen LogP contribution >= 0.6 is 27.5 Å². The van der Waals surface area contributed by atoms with Crippen molar-refractivity contribution in [1.82, 2.24) is 0 Å². The Morgan fingerprint density at radius 1 is 1.15 bits per heavy atom. The van der Waals surface area contributed by atoms with Crippen molar-refractivity contribution in [2.45, 2.75) is 11.8 Å². The van der Waals surface area contributed by atoms with Gasteiger partial charge in [0.25, 0.3) is 0 Å². The van der Waals surface area contributed by atoms with Crippen LogP contribution in [-0.2, 0) is 10.0 Å². The molecule has 0 unspecified atom stereocenters. The van der Waals surface area contributed by atoms with Gasteiger partial charge in [-0.15, -0.1) is 0 Å². The van der Waals surface area contributed by atoms with E-state index in [-0.39, 0.29) is 4.90 Å². The lowest BCUT2D eigenvalue weighted by Gasteiger charge is -2.10. The number of hydrogen-bond donors (Lipinski definition) is 1. The van der Waals surface area contributed by atoms with Gasteiger partial charge in [0, 0.05) is 0 Å². The van der Waals surface area contributed by atoms with Crippen molar-refractivity contribution in [3.63, 3.8) is 0 Å². The first-order chi connectivity index (χ1) is 9.27. The lowest BCUT2D eigenvalue weighted by molar-refractivity contribution is 0.479. The van der Waals surface area contributed by atoms with Gasteiger partial charge in [-0.3, -0.25) is 0 Å². The number of ether oxygens (including phenoxy) is 1. The van der Waals surface area contributed by atoms with E-state index in [1.165, 1.54) is 18.2 Å². The number of aryl methyl sites for hydroxylation is 1. The first kappa shape index (κ1) is 15.3. The van der Waals surface area contributed by atoms with E-state index >= 15 is 0 Å². The standard InChI is InChI=1S/C13H11BrClNO3S/c1-8-2-4-11(15)13(6-8)19-12-5-3-9(7-10(12)14)20(16,17)18/h2-7H,1H3,(H2,16,17,18). The molecule has 0 saturated heterocycles. The van der Waals surface area contributed by atoms with Crippen molar-refractivity contribution in [3.8, 4) is 11.5 Å². The van der Waals surface area contributed by atoms with E-state index < -0.39 is 10.0 Å². The van der Waals surface area contributed by atoms with E-state index in [9.17, 15) is 8.42 Å². The molecule has 0 saturated carbocycles. The molecule has 2 N–H and O–H groups in total. The topological polar surface area (TPSA) is 69.4 Å². The fraction of sp³-hybridized carbons (Fsp3) is 0.0769. The number of benzene rings is 2. The van der Waals surface area contributed by atoms with Gasteiger partial charge in [0.15, 0.2) is 0 Å². The molecule has 2 aromatic carbocycles. The van der Waals surface area contributed by atoms with Crippen molar-refractivity contribution in [2.24, 2.45) is 5.14 Å². The second kappa shape index (κ2) is 5.73. The number of hydrogen-bond acceptors (Lipinski definition) is 3. The quantitative estimate of drug-likeness (QED) is 0.884. The molecule has 106 valence electrons. The maximum absolute atomic E-state index is 11.2. The van der Waals surface area contributed by atoms with Gasteiger partial charge in [-0.1, -0.05) is 17.7 Å². The Labute approximate surface area is 130 Å². The van der Waals surface area contributed by atoms with Gasteiger partial charge in [-0.2, -0.15) is 0 Å². The summed E-state index contributed by atoms with van der Waals surface area (Å²) in [6.45, 7) is 1.92. The van der Waals surface area contributed by atoms with Crippen LogP contribution in [0.3, 0.4) is 0 Å². The number of halogens is 2. The third kappa shape index (κ3) is 3.52. The predicted molar refractivity (Wildman–Crippen MR) is 81.8 cm³/mol. The molecule has 0 spiro atoms. The highest BCUT2D eigenvalue weighted by Gasteiger charge is 2.12. The van der Waals surface area contributed by atoms with E-state index in [1.807, 2.05) is 13.0 Å². The summed E-state index contributed by atoms with van der Waals surface area (Å²) < 4.78 is 28.6. The van der Waals surface area contributed by atoms with Gasteiger partial charge in [0.05, 0.1) is 14.4 Å². The minimum absolute atomic E-state index is 0.00654. The minimum Gasteiger partial charge on any atom is -0.455 e. The lowest BCUT2D eigenvalue weighted by Crippen LogP contribution is -2.11. The SMILES string of the molecule is Cc1ccc(Cl)c(Oc2ccc(S(N)(=O)=O)cc2Br)c1. The Bertz CT molecular complexity index is 762. The van der Waals surface area contributed by atoms with Crippen molar-refractivity contribution in [1.29, 1.82) is 0 Å². The Morgan fingerprint density at radius 3 is 2.45 bits per heavy atom. The highest BCUT2D eigenvalue weighted by molar-refractivity contribution is 9.10. The summed E-state index contributed by atoms with van der Waals surface area (Å²) in [6.07, 6.45) is 0. The fourth-order valence-electron chi connectivity index (χ4n) is 1.55. The Balaban J connectivity index is 2.38. The molecule has 0 fully saturated rings. The van der Waals surface area contributed by atoms with Crippen LogP contribution < -0.4 is 9.88 Å². The molecule has 0 aliphatic carbocycles. The van der Waals surface area contributed by atoms with Crippen LogP contribution in [0.1, 0.15) is 5.56 Å². The number of nitrogens with two attached hydrogens (primary N) is 1. The van der Waals surface area contributed by atoms with E-state index in [4.69, 9.17) is 21.5 Å². The van der Waals surface area contributed by atoms with Crippen LogP contribution in [0.5, 0.6) is 11.5 Å². The summed E-state index contributed by atoms with van der Waals surface area (Å²) in [6, 6.07) is 9.67. The van der Waals surface area contributed by atoms with Gasteiger partial charge in [0.2, 0.25) is 10.0 Å². The summed E-state index contributed by atoms with van der Waals surface area (Å²) >= 11 is 9.30. The molecule has 20 heavy (non-hydrogen) atoms. The molecule has 0 bridgehead atoms. The molecular formula is C13H11BrClNO3S. The van der Waals surface area contributed by atoms with Crippen LogP contribution in [0.2, 0.25) is 5.02 Å². The predicted octanol–water partition coefficient (Wildman–Crippen LogP) is 3.85. The summed E-state index contributed by atoms with van der Waals surface area (Å²) in [7, 11) is -3.74. The van der Waals surface area contributed by atoms with Crippen molar-refractivity contribution < 1.29 is 13.2 Å². The second-order valence-electron chi connectivity index (χ2n) is 4.17.